The summed E-state index contributed by atoms with van der Waals surface area (Å²) in [4.78, 5) is 2.54. The summed E-state index contributed by atoms with van der Waals surface area (Å²) < 4.78 is 22.9. The summed E-state index contributed by atoms with van der Waals surface area (Å²) >= 11 is 0. The second-order valence-electron chi connectivity index (χ2n) is 7.28. The second-order valence-corrected chi connectivity index (χ2v) is 9.97. The molecule has 25 heavy (non-hydrogen) atoms. The first-order valence-electron chi connectivity index (χ1n) is 8.70. The molecule has 0 aromatic heterocycles. The van der Waals surface area contributed by atoms with Gasteiger partial charge < -0.3 is 9.26 Å². The zero-order valence-electron chi connectivity index (χ0n) is 15.0. The summed E-state index contributed by atoms with van der Waals surface area (Å²) in [5.41, 5.74) is 5.48. The first kappa shape index (κ1) is 16.7. The Kier molecular flexibility index (Phi) is 4.13. The van der Waals surface area contributed by atoms with Gasteiger partial charge in [0.1, 0.15) is 11.5 Å². The third-order valence-electron chi connectivity index (χ3n) is 5.11. The van der Waals surface area contributed by atoms with Crippen LogP contribution in [0.3, 0.4) is 0 Å². The molecule has 2 aromatic rings. The third kappa shape index (κ3) is 3.33. The molecule has 0 bridgehead atoms. The van der Waals surface area contributed by atoms with E-state index in [1.165, 1.54) is 22.3 Å². The summed E-state index contributed by atoms with van der Waals surface area (Å²) in [5, 5.41) is 0. The van der Waals surface area contributed by atoms with Crippen molar-refractivity contribution in [3.63, 3.8) is 0 Å². The van der Waals surface area contributed by atoms with Crippen molar-refractivity contribution < 1.29 is 13.8 Å². The monoisotopic (exact) mass is 357 g/mol. The average Bonchev–Trinajstić information content (AvgIpc) is 2.58. The Morgan fingerprint density at radius 1 is 1.04 bits per heavy atom. The molecule has 0 saturated carbocycles. The van der Waals surface area contributed by atoms with E-state index in [1.807, 2.05) is 6.07 Å². The van der Waals surface area contributed by atoms with E-state index in [2.05, 4.69) is 35.2 Å². The van der Waals surface area contributed by atoms with Gasteiger partial charge >= 0.3 is 0 Å². The fourth-order valence-electron chi connectivity index (χ4n) is 3.98. The summed E-state index contributed by atoms with van der Waals surface area (Å²) in [6.45, 7) is 5.27. The molecular weight excluding hydrogens is 333 g/mol. The molecule has 2 aliphatic rings. The van der Waals surface area contributed by atoms with E-state index in [-0.39, 0.29) is 0 Å². The van der Waals surface area contributed by atoms with E-state index >= 15 is 0 Å². The van der Waals surface area contributed by atoms with Crippen molar-refractivity contribution in [2.75, 3.05) is 27.0 Å². The number of hydrogen-bond acceptors (Lipinski definition) is 4. The van der Waals surface area contributed by atoms with Gasteiger partial charge in [-0.05, 0) is 59.4 Å². The highest BCUT2D eigenvalue weighted by molar-refractivity contribution is 7.57. The fourth-order valence-corrected chi connectivity index (χ4v) is 4.60. The molecule has 1 atom stereocenters. The van der Waals surface area contributed by atoms with Crippen molar-refractivity contribution >= 4 is 7.37 Å². The average molecular weight is 357 g/mol. The van der Waals surface area contributed by atoms with Crippen molar-refractivity contribution in [2.45, 2.75) is 25.4 Å². The topological polar surface area (TPSA) is 38.8 Å². The van der Waals surface area contributed by atoms with Crippen LogP contribution in [0.2, 0.25) is 0 Å². The number of fused-ring (bicyclic) bond motifs is 4. The van der Waals surface area contributed by atoms with Crippen LogP contribution in [-0.2, 0) is 24.0 Å². The van der Waals surface area contributed by atoms with Crippen LogP contribution in [0.5, 0.6) is 11.5 Å². The number of hydrogen-bond donors (Lipinski definition) is 0. The van der Waals surface area contributed by atoms with Gasteiger partial charge in [-0.3, -0.25) is 9.46 Å². The van der Waals surface area contributed by atoms with Gasteiger partial charge in [0.25, 0.3) is 0 Å². The minimum atomic E-state index is -2.53. The molecule has 132 valence electrons. The zero-order valence-corrected chi connectivity index (χ0v) is 15.9. The van der Waals surface area contributed by atoms with Gasteiger partial charge in [0.2, 0.25) is 7.37 Å². The van der Waals surface area contributed by atoms with Gasteiger partial charge in [0.05, 0.1) is 7.11 Å². The van der Waals surface area contributed by atoms with Gasteiger partial charge in [-0.15, -0.1) is 0 Å². The standard InChI is InChI=1S/C20H24NO3P/c1-23-17-6-7-19-15(10-17)8-9-21-13-16-11-18(24-25(2,3)22)5-4-14(16)12-20(19)21/h4-7,10-11,20H,8-9,12-13H2,1-3H3. The maximum atomic E-state index is 11.9. The molecule has 2 heterocycles. The predicted molar refractivity (Wildman–Crippen MR) is 100 cm³/mol. The Morgan fingerprint density at radius 3 is 2.56 bits per heavy atom. The first-order valence-corrected chi connectivity index (χ1v) is 11.2. The van der Waals surface area contributed by atoms with E-state index < -0.39 is 7.37 Å². The van der Waals surface area contributed by atoms with Crippen LogP contribution < -0.4 is 9.26 Å². The number of nitrogens with zero attached hydrogens (tertiary/aromatic N) is 1. The Bertz CT molecular complexity index is 858. The van der Waals surface area contributed by atoms with Crippen LogP contribution >= 0.6 is 7.37 Å². The zero-order chi connectivity index (χ0) is 17.6. The number of rotatable bonds is 3. The second kappa shape index (κ2) is 6.19. The van der Waals surface area contributed by atoms with Gasteiger partial charge in [-0.2, -0.15) is 0 Å². The highest BCUT2D eigenvalue weighted by atomic mass is 31.2. The van der Waals surface area contributed by atoms with Crippen molar-refractivity contribution in [3.05, 3.63) is 58.7 Å². The van der Waals surface area contributed by atoms with Crippen molar-refractivity contribution in [1.82, 2.24) is 4.90 Å². The minimum Gasteiger partial charge on any atom is -0.497 e. The Morgan fingerprint density at radius 2 is 1.80 bits per heavy atom. The largest absolute Gasteiger partial charge is 0.497 e. The van der Waals surface area contributed by atoms with Crippen molar-refractivity contribution in [1.29, 1.82) is 0 Å². The van der Waals surface area contributed by atoms with Crippen LogP contribution in [0.4, 0.5) is 0 Å². The fraction of sp³-hybridized carbons (Fsp3) is 0.400. The molecule has 0 spiro atoms. The Hall–Kier alpha value is -1.77. The van der Waals surface area contributed by atoms with E-state index in [0.717, 1.165) is 31.7 Å². The number of benzene rings is 2. The smallest absolute Gasteiger partial charge is 0.242 e. The third-order valence-corrected chi connectivity index (χ3v) is 5.76. The number of methoxy groups -OCH3 is 1. The summed E-state index contributed by atoms with van der Waals surface area (Å²) in [6, 6.07) is 13.0. The molecule has 2 aliphatic heterocycles. The maximum Gasteiger partial charge on any atom is 0.242 e. The summed E-state index contributed by atoms with van der Waals surface area (Å²) in [7, 11) is -0.808. The van der Waals surface area contributed by atoms with Crippen LogP contribution in [0.25, 0.3) is 0 Å². The molecular formula is C20H24NO3P. The SMILES string of the molecule is COc1ccc2c(c1)CCN1Cc3cc(OP(C)(C)=O)ccc3CC21. The number of ether oxygens (including phenoxy) is 1. The minimum absolute atomic E-state index is 0.428. The molecule has 0 radical (unpaired) electrons. The lowest BCUT2D eigenvalue weighted by molar-refractivity contribution is 0.160. The maximum absolute atomic E-state index is 11.9. The highest BCUT2D eigenvalue weighted by Crippen LogP contribution is 2.42. The normalized spacial score (nSPS) is 19.6. The first-order chi connectivity index (χ1) is 11.9. The molecule has 2 aromatic carbocycles. The molecule has 0 N–H and O–H groups in total. The molecule has 0 saturated heterocycles. The summed E-state index contributed by atoms with van der Waals surface area (Å²) in [5.74, 6) is 1.65. The van der Waals surface area contributed by atoms with Crippen molar-refractivity contribution in [2.24, 2.45) is 0 Å². The van der Waals surface area contributed by atoms with Crippen LogP contribution in [0.1, 0.15) is 28.3 Å². The van der Waals surface area contributed by atoms with Gasteiger partial charge in [0.15, 0.2) is 0 Å². The molecule has 4 nitrogen and oxygen atoms in total. The Labute approximate surface area is 149 Å². The quantitative estimate of drug-likeness (QED) is 0.769. The lowest BCUT2D eigenvalue weighted by atomic mass is 9.84. The van der Waals surface area contributed by atoms with Crippen LogP contribution in [0.15, 0.2) is 36.4 Å². The molecule has 5 heteroatoms. The molecule has 0 aliphatic carbocycles. The van der Waals surface area contributed by atoms with E-state index in [0.29, 0.717) is 11.8 Å². The van der Waals surface area contributed by atoms with Gasteiger partial charge in [-0.25, -0.2) is 0 Å². The van der Waals surface area contributed by atoms with Gasteiger partial charge in [-0.1, -0.05) is 12.1 Å². The molecule has 1 unspecified atom stereocenters. The molecule has 0 amide bonds. The molecule has 4 rings (SSSR count). The predicted octanol–water partition coefficient (Wildman–Crippen LogP) is 4.27. The van der Waals surface area contributed by atoms with Crippen LogP contribution in [0, 0.1) is 0 Å². The lowest BCUT2D eigenvalue weighted by Gasteiger charge is -2.41. The van der Waals surface area contributed by atoms with E-state index in [4.69, 9.17) is 9.26 Å². The highest BCUT2D eigenvalue weighted by Gasteiger charge is 2.32. The Balaban J connectivity index is 1.64. The summed E-state index contributed by atoms with van der Waals surface area (Å²) in [6.07, 6.45) is 2.05. The lowest BCUT2D eigenvalue weighted by Crippen LogP contribution is -2.39. The van der Waals surface area contributed by atoms with E-state index in [1.54, 1.807) is 20.4 Å². The van der Waals surface area contributed by atoms with Gasteiger partial charge in [0, 0.05) is 32.5 Å². The van der Waals surface area contributed by atoms with Crippen LogP contribution in [-0.4, -0.2) is 31.9 Å². The van der Waals surface area contributed by atoms with Crippen molar-refractivity contribution in [3.8, 4) is 11.5 Å². The molecule has 0 fully saturated rings. The van der Waals surface area contributed by atoms with E-state index in [9.17, 15) is 4.57 Å².